The lowest BCUT2D eigenvalue weighted by atomic mass is 10.1. The number of alkyl halides is 3. The van der Waals surface area contributed by atoms with Crippen LogP contribution in [0.25, 0.3) is 0 Å². The Bertz CT molecular complexity index is 1310. The fourth-order valence-electron chi connectivity index (χ4n) is 3.69. The van der Waals surface area contributed by atoms with E-state index in [2.05, 4.69) is 10.6 Å². The number of nitrogens with one attached hydrogen (secondary N) is 2. The third kappa shape index (κ3) is 5.74. The van der Waals surface area contributed by atoms with Crippen molar-refractivity contribution >= 4 is 34.8 Å². The van der Waals surface area contributed by atoms with Gasteiger partial charge in [0.25, 0.3) is 11.8 Å². The van der Waals surface area contributed by atoms with Crippen LogP contribution in [0.2, 0.25) is 0 Å². The monoisotopic (exact) mass is 498 g/mol. The van der Waals surface area contributed by atoms with Crippen molar-refractivity contribution in [3.05, 3.63) is 83.9 Å². The molecule has 3 aromatic rings. The van der Waals surface area contributed by atoms with Gasteiger partial charge in [-0.15, -0.1) is 0 Å². The normalized spacial score (nSPS) is 14.9. The molecule has 11 heteroatoms. The molecule has 1 heterocycles. The second-order valence-corrected chi connectivity index (χ2v) is 8.02. The van der Waals surface area contributed by atoms with E-state index in [0.29, 0.717) is 17.1 Å². The molecular formula is C25H21F3N4O4. The summed E-state index contributed by atoms with van der Waals surface area (Å²) in [6, 6.07) is 17.2. The molecule has 3 amide bonds. The average molecular weight is 498 g/mol. The lowest BCUT2D eigenvalue weighted by molar-refractivity contribution is -0.137. The summed E-state index contributed by atoms with van der Waals surface area (Å²) in [5.41, 5.74) is 5.56. The Morgan fingerprint density at radius 2 is 1.64 bits per heavy atom. The molecule has 0 aliphatic carbocycles. The number of nitrogens with two attached hydrogens (primary N) is 1. The van der Waals surface area contributed by atoms with Crippen LogP contribution >= 0.6 is 0 Å². The van der Waals surface area contributed by atoms with Gasteiger partial charge in [0, 0.05) is 16.9 Å². The van der Waals surface area contributed by atoms with Crippen LogP contribution < -0.4 is 26.0 Å². The number of para-hydroxylation sites is 2. The van der Waals surface area contributed by atoms with Gasteiger partial charge in [-0.3, -0.25) is 14.4 Å². The molecule has 4 rings (SSSR count). The smallest absolute Gasteiger partial charge is 0.416 e. The number of benzene rings is 3. The molecule has 0 aromatic heterocycles. The van der Waals surface area contributed by atoms with Gasteiger partial charge in [0.15, 0.2) is 6.10 Å². The number of rotatable bonds is 6. The molecule has 8 nitrogen and oxygen atoms in total. The quantitative estimate of drug-likeness (QED) is 0.480. The summed E-state index contributed by atoms with van der Waals surface area (Å²) in [6.45, 7) is -0.0377. The first-order valence-corrected chi connectivity index (χ1v) is 10.8. The number of ether oxygens (including phenoxy) is 1. The molecule has 0 unspecified atom stereocenters. The van der Waals surface area contributed by atoms with Crippen molar-refractivity contribution < 1.29 is 32.3 Å². The summed E-state index contributed by atoms with van der Waals surface area (Å²) in [5.74, 6) is -1.30. The molecule has 0 saturated heterocycles. The third-order valence-corrected chi connectivity index (χ3v) is 5.37. The fourth-order valence-corrected chi connectivity index (χ4v) is 3.69. The highest BCUT2D eigenvalue weighted by molar-refractivity contribution is 6.05. The minimum Gasteiger partial charge on any atom is -0.477 e. The lowest BCUT2D eigenvalue weighted by Gasteiger charge is -2.34. The van der Waals surface area contributed by atoms with E-state index in [1.807, 2.05) is 0 Å². The molecule has 0 fully saturated rings. The van der Waals surface area contributed by atoms with Gasteiger partial charge in [-0.1, -0.05) is 24.3 Å². The summed E-state index contributed by atoms with van der Waals surface area (Å²) < 4.78 is 44.4. The number of nitrogens with zero attached hydrogens (tertiary/aromatic N) is 1. The largest absolute Gasteiger partial charge is 0.477 e. The van der Waals surface area contributed by atoms with Gasteiger partial charge < -0.3 is 26.0 Å². The summed E-state index contributed by atoms with van der Waals surface area (Å²) >= 11 is 0. The van der Waals surface area contributed by atoms with Crippen molar-refractivity contribution in [1.29, 1.82) is 0 Å². The standard InChI is InChI=1S/C25H21F3N4O4/c26-25(27,28)16-6-4-8-18(12-16)31-24(35)15-5-3-7-17(11-15)30-22(33)14-32-13-21(23(29)34)36-20-10-2-1-9-19(20)32/h1-12,21H,13-14H2,(H2,29,34)(H,30,33)(H,31,35)/t21-/m0/s1. The van der Waals surface area contributed by atoms with Crippen molar-refractivity contribution in [1.82, 2.24) is 0 Å². The molecule has 0 bridgehead atoms. The number of hydrogen-bond donors (Lipinski definition) is 3. The van der Waals surface area contributed by atoms with Gasteiger partial charge in [0.1, 0.15) is 5.75 Å². The van der Waals surface area contributed by atoms with Gasteiger partial charge in [0.05, 0.1) is 24.3 Å². The molecule has 0 saturated carbocycles. The number of amides is 3. The summed E-state index contributed by atoms with van der Waals surface area (Å²) in [4.78, 5) is 38.7. The molecule has 3 aromatic carbocycles. The highest BCUT2D eigenvalue weighted by Crippen LogP contribution is 2.33. The Labute approximate surface area is 203 Å². The summed E-state index contributed by atoms with van der Waals surface area (Å²) in [5, 5.41) is 5.11. The first kappa shape index (κ1) is 24.6. The Hall–Kier alpha value is -4.54. The molecule has 186 valence electrons. The van der Waals surface area contributed by atoms with Crippen molar-refractivity contribution in [2.45, 2.75) is 12.3 Å². The number of carbonyl (C=O) groups excluding carboxylic acids is 3. The minimum absolute atomic E-state index is 0.0146. The maximum atomic E-state index is 12.9. The minimum atomic E-state index is -4.54. The number of anilines is 3. The Morgan fingerprint density at radius 1 is 0.944 bits per heavy atom. The van der Waals surface area contributed by atoms with Gasteiger partial charge in [0.2, 0.25) is 5.91 Å². The van der Waals surface area contributed by atoms with Gasteiger partial charge >= 0.3 is 6.18 Å². The summed E-state index contributed by atoms with van der Waals surface area (Å²) in [7, 11) is 0. The maximum absolute atomic E-state index is 12.9. The van der Waals surface area contributed by atoms with E-state index in [0.717, 1.165) is 12.1 Å². The Balaban J connectivity index is 1.43. The van der Waals surface area contributed by atoms with Crippen molar-refractivity contribution in [2.75, 3.05) is 28.6 Å². The molecular weight excluding hydrogens is 477 g/mol. The van der Waals surface area contributed by atoms with Gasteiger partial charge in [-0.05, 0) is 48.5 Å². The van der Waals surface area contributed by atoms with Crippen LogP contribution in [0.3, 0.4) is 0 Å². The van der Waals surface area contributed by atoms with Crippen LogP contribution in [0.1, 0.15) is 15.9 Å². The number of halogens is 3. The van der Waals surface area contributed by atoms with E-state index < -0.39 is 35.6 Å². The van der Waals surface area contributed by atoms with Crippen LogP contribution in [0.4, 0.5) is 30.2 Å². The van der Waals surface area contributed by atoms with Gasteiger partial charge in [-0.2, -0.15) is 13.2 Å². The topological polar surface area (TPSA) is 114 Å². The molecule has 1 aliphatic heterocycles. The van der Waals surface area contributed by atoms with E-state index in [4.69, 9.17) is 10.5 Å². The third-order valence-electron chi connectivity index (χ3n) is 5.37. The van der Waals surface area contributed by atoms with Crippen LogP contribution in [0.5, 0.6) is 5.75 Å². The lowest BCUT2D eigenvalue weighted by Crippen LogP contribution is -2.49. The zero-order valence-corrected chi connectivity index (χ0v) is 18.7. The Morgan fingerprint density at radius 3 is 2.36 bits per heavy atom. The highest BCUT2D eigenvalue weighted by Gasteiger charge is 2.31. The molecule has 0 radical (unpaired) electrons. The van der Waals surface area contributed by atoms with Gasteiger partial charge in [-0.25, -0.2) is 0 Å². The van der Waals surface area contributed by atoms with Crippen LogP contribution in [0, 0.1) is 0 Å². The molecule has 1 atom stereocenters. The van der Waals surface area contributed by atoms with E-state index in [-0.39, 0.29) is 24.3 Å². The second kappa shape index (κ2) is 9.98. The van der Waals surface area contributed by atoms with E-state index in [1.54, 1.807) is 35.2 Å². The van der Waals surface area contributed by atoms with Crippen LogP contribution in [0.15, 0.2) is 72.8 Å². The molecule has 36 heavy (non-hydrogen) atoms. The average Bonchev–Trinajstić information content (AvgIpc) is 2.83. The zero-order valence-electron chi connectivity index (χ0n) is 18.7. The van der Waals surface area contributed by atoms with E-state index >= 15 is 0 Å². The molecule has 4 N–H and O–H groups in total. The summed E-state index contributed by atoms with van der Waals surface area (Å²) in [6.07, 6.45) is -5.46. The SMILES string of the molecule is NC(=O)[C@@H]1CN(CC(=O)Nc2cccc(C(=O)Nc3cccc(C(F)(F)F)c3)c2)c2ccccc2O1. The van der Waals surface area contributed by atoms with Crippen molar-refractivity contribution in [2.24, 2.45) is 5.73 Å². The highest BCUT2D eigenvalue weighted by atomic mass is 19.4. The zero-order chi connectivity index (χ0) is 25.9. The van der Waals surface area contributed by atoms with Crippen molar-refractivity contribution in [3.63, 3.8) is 0 Å². The van der Waals surface area contributed by atoms with Crippen LogP contribution in [-0.4, -0.2) is 36.9 Å². The Kier molecular flexibility index (Phi) is 6.82. The fraction of sp³-hybridized carbons (Fsp3) is 0.160. The predicted molar refractivity (Wildman–Crippen MR) is 127 cm³/mol. The van der Waals surface area contributed by atoms with Crippen LogP contribution in [-0.2, 0) is 15.8 Å². The van der Waals surface area contributed by atoms with E-state index in [9.17, 15) is 27.6 Å². The van der Waals surface area contributed by atoms with E-state index in [1.165, 1.54) is 30.3 Å². The molecule has 1 aliphatic rings. The number of carbonyl (C=O) groups is 3. The molecule has 0 spiro atoms. The number of fused-ring (bicyclic) bond motifs is 1. The first-order chi connectivity index (χ1) is 17.1. The maximum Gasteiger partial charge on any atom is 0.416 e. The van der Waals surface area contributed by atoms with Crippen molar-refractivity contribution in [3.8, 4) is 5.75 Å². The second-order valence-electron chi connectivity index (χ2n) is 8.02. The first-order valence-electron chi connectivity index (χ1n) is 10.8. The number of primary amides is 1. The predicted octanol–water partition coefficient (Wildman–Crippen LogP) is 3.65. The number of hydrogen-bond acceptors (Lipinski definition) is 5.